The molecule has 0 N–H and O–H groups in total. The van der Waals surface area contributed by atoms with Crippen molar-refractivity contribution >= 4 is 0 Å². The predicted octanol–water partition coefficient (Wildman–Crippen LogP) is 4.74. The molecular weight excluding hydrogens is 344 g/mol. The SMILES string of the molecule is Cc1cc(C(C)(C)CCOCCCOCCC(C)(C)c2cc(C)no2)on1. The lowest BCUT2D eigenvalue weighted by Crippen LogP contribution is -2.20. The van der Waals surface area contributed by atoms with Crippen LogP contribution in [0.2, 0.25) is 0 Å². The molecule has 0 aliphatic rings. The topological polar surface area (TPSA) is 70.5 Å². The van der Waals surface area contributed by atoms with Gasteiger partial charge in [-0.3, -0.25) is 0 Å². The van der Waals surface area contributed by atoms with Gasteiger partial charge in [-0.05, 0) is 33.1 Å². The molecule has 6 heteroatoms. The van der Waals surface area contributed by atoms with Crippen molar-refractivity contribution in [2.24, 2.45) is 0 Å². The maximum atomic E-state index is 5.75. The summed E-state index contributed by atoms with van der Waals surface area (Å²) in [6.07, 6.45) is 2.68. The van der Waals surface area contributed by atoms with Gasteiger partial charge in [0, 0.05) is 49.4 Å². The molecule has 0 aromatic carbocycles. The van der Waals surface area contributed by atoms with Gasteiger partial charge >= 0.3 is 0 Å². The van der Waals surface area contributed by atoms with Crippen LogP contribution in [0.5, 0.6) is 0 Å². The minimum absolute atomic E-state index is 0.0671. The van der Waals surface area contributed by atoms with Crippen LogP contribution in [-0.2, 0) is 20.3 Å². The highest BCUT2D eigenvalue weighted by Gasteiger charge is 2.26. The lowest BCUT2D eigenvalue weighted by atomic mass is 9.87. The van der Waals surface area contributed by atoms with Crippen LogP contribution in [0.15, 0.2) is 21.2 Å². The molecule has 0 aliphatic carbocycles. The minimum Gasteiger partial charge on any atom is -0.381 e. The Bertz CT molecular complexity index is 630. The van der Waals surface area contributed by atoms with Crippen molar-refractivity contribution in [3.05, 3.63) is 35.0 Å². The molecule has 0 atom stereocenters. The van der Waals surface area contributed by atoms with E-state index in [1.165, 1.54) is 0 Å². The molecule has 2 aromatic rings. The van der Waals surface area contributed by atoms with Gasteiger partial charge in [-0.25, -0.2) is 0 Å². The molecule has 2 heterocycles. The Morgan fingerprint density at radius 3 is 1.48 bits per heavy atom. The summed E-state index contributed by atoms with van der Waals surface area (Å²) < 4.78 is 22.3. The predicted molar refractivity (Wildman–Crippen MR) is 104 cm³/mol. The van der Waals surface area contributed by atoms with E-state index in [0.717, 1.165) is 42.2 Å². The number of rotatable bonds is 12. The van der Waals surface area contributed by atoms with E-state index >= 15 is 0 Å². The molecule has 0 amide bonds. The smallest absolute Gasteiger partial charge is 0.142 e. The van der Waals surface area contributed by atoms with Crippen molar-refractivity contribution in [2.75, 3.05) is 26.4 Å². The highest BCUT2D eigenvalue weighted by atomic mass is 16.5. The first-order valence-corrected chi connectivity index (χ1v) is 9.74. The standard InChI is InChI=1S/C21H34N2O4/c1-16-14-18(26-22-16)20(3,4)8-12-24-10-7-11-25-13-9-21(5,6)19-15-17(2)23-27-19/h14-15H,7-13H2,1-6H3. The first-order valence-electron chi connectivity index (χ1n) is 9.74. The Hall–Kier alpha value is -1.66. The maximum absolute atomic E-state index is 5.75. The Balaban J connectivity index is 1.52. The van der Waals surface area contributed by atoms with Gasteiger partial charge in [-0.1, -0.05) is 38.0 Å². The summed E-state index contributed by atoms with van der Waals surface area (Å²) in [5.74, 6) is 1.83. The summed E-state index contributed by atoms with van der Waals surface area (Å²) in [6.45, 7) is 15.3. The molecule has 0 unspecified atom stereocenters. The van der Waals surface area contributed by atoms with Crippen LogP contribution < -0.4 is 0 Å². The molecule has 0 saturated carbocycles. The minimum atomic E-state index is -0.0671. The van der Waals surface area contributed by atoms with E-state index in [0.29, 0.717) is 26.4 Å². The Morgan fingerprint density at radius 1 is 0.741 bits per heavy atom. The molecular formula is C21H34N2O4. The lowest BCUT2D eigenvalue weighted by Gasteiger charge is -2.21. The molecule has 0 bridgehead atoms. The summed E-state index contributed by atoms with van der Waals surface area (Å²) in [5.41, 5.74) is 1.70. The Kier molecular flexibility index (Phi) is 7.62. The van der Waals surface area contributed by atoms with E-state index in [-0.39, 0.29) is 10.8 Å². The highest BCUT2D eigenvalue weighted by molar-refractivity contribution is 5.13. The van der Waals surface area contributed by atoms with Gasteiger partial charge in [-0.15, -0.1) is 0 Å². The second-order valence-electron chi connectivity index (χ2n) is 8.51. The molecule has 6 nitrogen and oxygen atoms in total. The zero-order valence-corrected chi connectivity index (χ0v) is 17.6. The molecule has 0 aliphatic heterocycles. The van der Waals surface area contributed by atoms with Crippen LogP contribution in [0.3, 0.4) is 0 Å². The van der Waals surface area contributed by atoms with Gasteiger partial charge in [0.25, 0.3) is 0 Å². The fourth-order valence-electron chi connectivity index (χ4n) is 2.73. The quantitative estimate of drug-likeness (QED) is 0.497. The largest absolute Gasteiger partial charge is 0.381 e. The van der Waals surface area contributed by atoms with Crippen molar-refractivity contribution in [2.45, 2.75) is 71.6 Å². The fraction of sp³-hybridized carbons (Fsp3) is 0.714. The Labute approximate surface area is 162 Å². The van der Waals surface area contributed by atoms with Gasteiger partial charge in [0.15, 0.2) is 0 Å². The summed E-state index contributed by atoms with van der Waals surface area (Å²) in [7, 11) is 0. The molecule has 0 saturated heterocycles. The van der Waals surface area contributed by atoms with Gasteiger partial charge in [-0.2, -0.15) is 0 Å². The molecule has 27 heavy (non-hydrogen) atoms. The second kappa shape index (κ2) is 9.51. The second-order valence-corrected chi connectivity index (χ2v) is 8.51. The summed E-state index contributed by atoms with van der Waals surface area (Å²) in [4.78, 5) is 0. The summed E-state index contributed by atoms with van der Waals surface area (Å²) in [6, 6.07) is 3.99. The van der Waals surface area contributed by atoms with Gasteiger partial charge in [0.05, 0.1) is 11.4 Å². The van der Waals surface area contributed by atoms with Gasteiger partial charge in [0.2, 0.25) is 0 Å². The molecule has 2 rings (SSSR count). The molecule has 0 radical (unpaired) electrons. The highest BCUT2D eigenvalue weighted by Crippen LogP contribution is 2.28. The van der Waals surface area contributed by atoms with Crippen molar-refractivity contribution < 1.29 is 18.5 Å². The fourth-order valence-corrected chi connectivity index (χ4v) is 2.73. The number of hydrogen-bond acceptors (Lipinski definition) is 6. The van der Waals surface area contributed by atoms with Crippen molar-refractivity contribution in [3.8, 4) is 0 Å². The van der Waals surface area contributed by atoms with E-state index in [9.17, 15) is 0 Å². The number of aryl methyl sites for hydroxylation is 2. The van der Waals surface area contributed by atoms with Crippen molar-refractivity contribution in [3.63, 3.8) is 0 Å². The van der Waals surface area contributed by atoms with Crippen molar-refractivity contribution in [1.29, 1.82) is 0 Å². The monoisotopic (exact) mass is 378 g/mol. The number of hydrogen-bond donors (Lipinski definition) is 0. The van der Waals surface area contributed by atoms with Crippen LogP contribution in [0.25, 0.3) is 0 Å². The normalized spacial score (nSPS) is 12.7. The first-order chi connectivity index (χ1) is 12.7. The first kappa shape index (κ1) is 21.6. The van der Waals surface area contributed by atoms with Crippen LogP contribution in [0.1, 0.15) is 69.9 Å². The van der Waals surface area contributed by atoms with Crippen molar-refractivity contribution in [1.82, 2.24) is 10.3 Å². The zero-order valence-electron chi connectivity index (χ0n) is 17.6. The van der Waals surface area contributed by atoms with Gasteiger partial charge in [0.1, 0.15) is 11.5 Å². The average molecular weight is 379 g/mol. The third-order valence-electron chi connectivity index (χ3n) is 4.91. The van der Waals surface area contributed by atoms with E-state index in [1.54, 1.807) is 0 Å². The van der Waals surface area contributed by atoms with E-state index < -0.39 is 0 Å². The summed E-state index contributed by atoms with van der Waals surface area (Å²) >= 11 is 0. The van der Waals surface area contributed by atoms with E-state index in [2.05, 4.69) is 38.0 Å². The van der Waals surface area contributed by atoms with Crippen LogP contribution in [-0.4, -0.2) is 36.7 Å². The third kappa shape index (κ3) is 6.78. The number of aromatic nitrogens is 2. The molecule has 0 spiro atoms. The van der Waals surface area contributed by atoms with E-state index in [1.807, 2.05) is 26.0 Å². The zero-order chi connectivity index (χ0) is 19.9. The van der Waals surface area contributed by atoms with Crippen LogP contribution >= 0.6 is 0 Å². The molecule has 0 fully saturated rings. The van der Waals surface area contributed by atoms with Crippen LogP contribution in [0, 0.1) is 13.8 Å². The van der Waals surface area contributed by atoms with Crippen LogP contribution in [0.4, 0.5) is 0 Å². The lowest BCUT2D eigenvalue weighted by molar-refractivity contribution is 0.0678. The molecule has 152 valence electrons. The Morgan fingerprint density at radius 2 is 1.15 bits per heavy atom. The molecule has 2 aromatic heterocycles. The summed E-state index contributed by atoms with van der Waals surface area (Å²) in [5, 5.41) is 7.93. The van der Waals surface area contributed by atoms with Gasteiger partial charge < -0.3 is 18.5 Å². The maximum Gasteiger partial charge on any atom is 0.142 e. The number of ether oxygens (including phenoxy) is 2. The third-order valence-corrected chi connectivity index (χ3v) is 4.91. The van der Waals surface area contributed by atoms with E-state index in [4.69, 9.17) is 18.5 Å². The number of nitrogens with zero attached hydrogens (tertiary/aromatic N) is 2. The average Bonchev–Trinajstić information content (AvgIpc) is 3.22.